The molecule has 0 spiro atoms. The lowest BCUT2D eigenvalue weighted by molar-refractivity contribution is 0.0655. The highest BCUT2D eigenvalue weighted by molar-refractivity contribution is 5.94. The highest BCUT2D eigenvalue weighted by atomic mass is 16.2. The van der Waals surface area contributed by atoms with E-state index < -0.39 is 0 Å². The summed E-state index contributed by atoms with van der Waals surface area (Å²) in [6.45, 7) is 4.57. The number of piperazine rings is 1. The molecule has 1 atom stereocenters. The van der Waals surface area contributed by atoms with E-state index in [0.717, 1.165) is 19.6 Å². The normalized spacial score (nSPS) is 21.4. The Morgan fingerprint density at radius 3 is 3.20 bits per heavy atom. The lowest BCUT2D eigenvalue weighted by Crippen LogP contribution is -2.52. The zero-order valence-corrected chi connectivity index (χ0v) is 8.81. The molecule has 1 fully saturated rings. The smallest absolute Gasteiger partial charge is 0.255 e. The van der Waals surface area contributed by atoms with Gasteiger partial charge in [0.15, 0.2) is 0 Å². The Morgan fingerprint density at radius 2 is 2.53 bits per heavy atom. The number of amides is 1. The predicted molar refractivity (Wildman–Crippen MR) is 57.6 cm³/mol. The Balaban J connectivity index is 2.13. The van der Waals surface area contributed by atoms with Crippen molar-refractivity contribution in [2.75, 3.05) is 19.6 Å². The number of hydrogen-bond donors (Lipinski definition) is 1. The summed E-state index contributed by atoms with van der Waals surface area (Å²) in [6.07, 6.45) is 3.30. The second-order valence-electron chi connectivity index (χ2n) is 3.79. The van der Waals surface area contributed by atoms with Gasteiger partial charge in [0, 0.05) is 38.1 Å². The van der Waals surface area contributed by atoms with Crippen molar-refractivity contribution in [3.8, 4) is 0 Å². The van der Waals surface area contributed by atoms with E-state index in [9.17, 15) is 4.79 Å². The van der Waals surface area contributed by atoms with Crippen molar-refractivity contribution >= 4 is 5.91 Å². The van der Waals surface area contributed by atoms with Gasteiger partial charge in [-0.2, -0.15) is 0 Å². The molecule has 2 heterocycles. The van der Waals surface area contributed by atoms with E-state index in [1.807, 2.05) is 11.0 Å². The fourth-order valence-corrected chi connectivity index (χ4v) is 1.80. The van der Waals surface area contributed by atoms with Crippen LogP contribution in [0.3, 0.4) is 0 Å². The van der Waals surface area contributed by atoms with E-state index >= 15 is 0 Å². The average Bonchev–Trinajstić information content (AvgIpc) is 2.30. The van der Waals surface area contributed by atoms with Gasteiger partial charge in [0.2, 0.25) is 0 Å². The van der Waals surface area contributed by atoms with Crippen molar-refractivity contribution in [1.82, 2.24) is 15.2 Å². The lowest BCUT2D eigenvalue weighted by atomic mass is 10.1. The molecule has 1 aromatic heterocycles. The molecule has 0 aromatic carbocycles. The minimum atomic E-state index is 0.0806. The lowest BCUT2D eigenvalue weighted by Gasteiger charge is -2.33. The number of aromatic nitrogens is 1. The third-order valence-corrected chi connectivity index (χ3v) is 2.67. The number of rotatable bonds is 1. The molecule has 0 bridgehead atoms. The van der Waals surface area contributed by atoms with E-state index in [-0.39, 0.29) is 11.9 Å². The summed E-state index contributed by atoms with van der Waals surface area (Å²) in [5.74, 6) is 0.0806. The van der Waals surface area contributed by atoms with Gasteiger partial charge in [0.25, 0.3) is 5.91 Å². The van der Waals surface area contributed by atoms with Gasteiger partial charge in [-0.3, -0.25) is 9.78 Å². The Hall–Kier alpha value is -1.42. The predicted octanol–water partition coefficient (Wildman–Crippen LogP) is 0.515. The van der Waals surface area contributed by atoms with Crippen LogP contribution in [0.25, 0.3) is 0 Å². The maximum Gasteiger partial charge on any atom is 0.255 e. The monoisotopic (exact) mass is 205 g/mol. The van der Waals surface area contributed by atoms with Gasteiger partial charge < -0.3 is 10.2 Å². The number of hydrogen-bond acceptors (Lipinski definition) is 3. The van der Waals surface area contributed by atoms with Crippen LogP contribution in [0.15, 0.2) is 24.5 Å². The minimum Gasteiger partial charge on any atom is -0.333 e. The van der Waals surface area contributed by atoms with Gasteiger partial charge in [-0.05, 0) is 19.1 Å². The van der Waals surface area contributed by atoms with Crippen molar-refractivity contribution < 1.29 is 4.79 Å². The van der Waals surface area contributed by atoms with Crippen LogP contribution in [0.5, 0.6) is 0 Å². The first-order valence-electron chi connectivity index (χ1n) is 5.21. The third-order valence-electron chi connectivity index (χ3n) is 2.67. The Bertz CT molecular complexity index is 339. The number of carbonyl (C=O) groups excluding carboxylic acids is 1. The maximum absolute atomic E-state index is 12.1. The fourth-order valence-electron chi connectivity index (χ4n) is 1.80. The molecule has 1 saturated heterocycles. The van der Waals surface area contributed by atoms with E-state index in [0.29, 0.717) is 5.56 Å². The minimum absolute atomic E-state index is 0.0806. The van der Waals surface area contributed by atoms with E-state index in [1.54, 1.807) is 18.5 Å². The fraction of sp³-hybridized carbons (Fsp3) is 0.455. The summed E-state index contributed by atoms with van der Waals surface area (Å²) in [7, 11) is 0. The zero-order valence-electron chi connectivity index (χ0n) is 8.81. The van der Waals surface area contributed by atoms with Crippen molar-refractivity contribution in [2.24, 2.45) is 0 Å². The molecule has 1 unspecified atom stereocenters. The Morgan fingerprint density at radius 1 is 1.67 bits per heavy atom. The topological polar surface area (TPSA) is 45.2 Å². The van der Waals surface area contributed by atoms with Crippen LogP contribution in [0.1, 0.15) is 17.3 Å². The van der Waals surface area contributed by atoms with Gasteiger partial charge in [0.1, 0.15) is 0 Å². The van der Waals surface area contributed by atoms with Crippen molar-refractivity contribution in [1.29, 1.82) is 0 Å². The third kappa shape index (κ3) is 2.15. The molecule has 4 heteroatoms. The standard InChI is InChI=1S/C11H15N3O/c1-9-7-13-5-6-14(9)11(15)10-3-2-4-12-8-10/h2-4,8-9,13H,5-7H2,1H3. The summed E-state index contributed by atoms with van der Waals surface area (Å²) in [5.41, 5.74) is 0.672. The molecule has 15 heavy (non-hydrogen) atoms. The first kappa shape index (κ1) is 10.1. The maximum atomic E-state index is 12.1. The van der Waals surface area contributed by atoms with Gasteiger partial charge in [-0.25, -0.2) is 0 Å². The summed E-state index contributed by atoms with van der Waals surface area (Å²) in [6, 6.07) is 3.86. The SMILES string of the molecule is CC1CNCCN1C(=O)c1cccnc1. The molecule has 0 saturated carbocycles. The van der Waals surface area contributed by atoms with Crippen LogP contribution in [-0.2, 0) is 0 Å². The first-order valence-corrected chi connectivity index (χ1v) is 5.21. The summed E-state index contributed by atoms with van der Waals surface area (Å²) >= 11 is 0. The molecule has 1 aliphatic rings. The second-order valence-corrected chi connectivity index (χ2v) is 3.79. The molecular formula is C11H15N3O. The van der Waals surface area contributed by atoms with E-state index in [2.05, 4.69) is 17.2 Å². The summed E-state index contributed by atoms with van der Waals surface area (Å²) in [4.78, 5) is 17.9. The Labute approximate surface area is 89.3 Å². The largest absolute Gasteiger partial charge is 0.333 e. The number of nitrogens with one attached hydrogen (secondary N) is 1. The molecular weight excluding hydrogens is 190 g/mol. The number of pyridine rings is 1. The first-order chi connectivity index (χ1) is 7.29. The Kier molecular flexibility index (Phi) is 2.97. The second kappa shape index (κ2) is 4.40. The van der Waals surface area contributed by atoms with Crippen molar-refractivity contribution in [3.05, 3.63) is 30.1 Å². The van der Waals surface area contributed by atoms with Crippen molar-refractivity contribution in [2.45, 2.75) is 13.0 Å². The summed E-state index contributed by atoms with van der Waals surface area (Å²) in [5, 5.41) is 3.26. The molecule has 1 amide bonds. The summed E-state index contributed by atoms with van der Waals surface area (Å²) < 4.78 is 0. The molecule has 0 aliphatic carbocycles. The molecule has 0 radical (unpaired) electrons. The van der Waals surface area contributed by atoms with Gasteiger partial charge in [0.05, 0.1) is 5.56 Å². The highest BCUT2D eigenvalue weighted by Gasteiger charge is 2.23. The van der Waals surface area contributed by atoms with Crippen LogP contribution in [0.2, 0.25) is 0 Å². The molecule has 2 rings (SSSR count). The number of nitrogens with zero attached hydrogens (tertiary/aromatic N) is 2. The molecule has 1 aliphatic heterocycles. The van der Waals surface area contributed by atoms with Crippen LogP contribution >= 0.6 is 0 Å². The average molecular weight is 205 g/mol. The number of carbonyl (C=O) groups is 1. The van der Waals surface area contributed by atoms with Crippen LogP contribution in [-0.4, -0.2) is 41.5 Å². The van der Waals surface area contributed by atoms with E-state index in [1.165, 1.54) is 0 Å². The molecule has 4 nitrogen and oxygen atoms in total. The highest BCUT2D eigenvalue weighted by Crippen LogP contribution is 2.08. The van der Waals surface area contributed by atoms with Crippen LogP contribution in [0, 0.1) is 0 Å². The molecule has 1 aromatic rings. The van der Waals surface area contributed by atoms with Crippen LogP contribution < -0.4 is 5.32 Å². The van der Waals surface area contributed by atoms with Gasteiger partial charge in [-0.15, -0.1) is 0 Å². The van der Waals surface area contributed by atoms with Gasteiger partial charge in [-0.1, -0.05) is 0 Å². The van der Waals surface area contributed by atoms with Gasteiger partial charge >= 0.3 is 0 Å². The molecule has 1 N–H and O–H groups in total. The zero-order chi connectivity index (χ0) is 10.7. The van der Waals surface area contributed by atoms with Crippen LogP contribution in [0.4, 0.5) is 0 Å². The molecule has 80 valence electrons. The van der Waals surface area contributed by atoms with Crippen molar-refractivity contribution in [3.63, 3.8) is 0 Å². The quantitative estimate of drug-likeness (QED) is 0.727. The van der Waals surface area contributed by atoms with E-state index in [4.69, 9.17) is 0 Å².